The van der Waals surface area contributed by atoms with E-state index in [1.54, 1.807) is 0 Å². The summed E-state index contributed by atoms with van der Waals surface area (Å²) in [6.07, 6.45) is -2.28. The van der Waals surface area contributed by atoms with Gasteiger partial charge in [-0.05, 0) is 12.1 Å². The van der Waals surface area contributed by atoms with Crippen LogP contribution in [0.1, 0.15) is 5.56 Å². The Morgan fingerprint density at radius 2 is 1.93 bits per heavy atom. The molecule has 2 heterocycles. The second kappa shape index (κ2) is 3.34. The molecular weight excluding hydrogens is 229 g/mol. The molecular formula is C9H4ClF3N2. The number of pyridine rings is 2. The summed E-state index contributed by atoms with van der Waals surface area (Å²) >= 11 is 5.73. The fraction of sp³-hybridized carbons (Fsp3) is 0.111. The van der Waals surface area contributed by atoms with Crippen LogP contribution < -0.4 is 0 Å². The van der Waals surface area contributed by atoms with Crippen LogP contribution in [0.5, 0.6) is 0 Å². The molecule has 0 bridgehead atoms. The molecule has 0 fully saturated rings. The predicted molar refractivity (Wildman–Crippen MR) is 49.6 cm³/mol. The Labute approximate surface area is 87.7 Å². The van der Waals surface area contributed by atoms with Crippen LogP contribution in [0.25, 0.3) is 11.0 Å². The van der Waals surface area contributed by atoms with E-state index < -0.39 is 11.7 Å². The summed E-state index contributed by atoms with van der Waals surface area (Å²) < 4.78 is 37.0. The molecule has 78 valence electrons. The monoisotopic (exact) mass is 232 g/mol. The molecule has 0 amide bonds. The first kappa shape index (κ1) is 10.2. The predicted octanol–water partition coefficient (Wildman–Crippen LogP) is 3.30. The summed E-state index contributed by atoms with van der Waals surface area (Å²) in [5, 5.41) is 0.410. The summed E-state index contributed by atoms with van der Waals surface area (Å²) in [6, 6.07) is 2.36. The Morgan fingerprint density at radius 1 is 1.20 bits per heavy atom. The van der Waals surface area contributed by atoms with Crippen molar-refractivity contribution in [2.75, 3.05) is 0 Å². The summed E-state index contributed by atoms with van der Waals surface area (Å²) in [6.45, 7) is 0. The van der Waals surface area contributed by atoms with Crippen LogP contribution in [0.4, 0.5) is 13.2 Å². The molecule has 2 rings (SSSR count). The fourth-order valence-corrected chi connectivity index (χ4v) is 1.35. The van der Waals surface area contributed by atoms with Crippen molar-refractivity contribution >= 4 is 22.6 Å². The molecule has 6 heteroatoms. The molecule has 0 aliphatic carbocycles. The molecule has 2 nitrogen and oxygen atoms in total. The van der Waals surface area contributed by atoms with Crippen molar-refractivity contribution in [3.05, 3.63) is 35.1 Å². The number of hydrogen-bond donors (Lipinski definition) is 0. The SMILES string of the molecule is FC(F)(F)c1cnc2nccc(Cl)c2c1. The van der Waals surface area contributed by atoms with Crippen LogP contribution >= 0.6 is 11.6 Å². The topological polar surface area (TPSA) is 25.8 Å². The first-order valence-corrected chi connectivity index (χ1v) is 4.34. The normalized spacial score (nSPS) is 12.0. The van der Waals surface area contributed by atoms with Gasteiger partial charge in [-0.3, -0.25) is 0 Å². The van der Waals surface area contributed by atoms with E-state index in [1.807, 2.05) is 0 Å². The second-order valence-corrected chi connectivity index (χ2v) is 3.29. The third kappa shape index (κ3) is 1.87. The zero-order chi connectivity index (χ0) is 11.1. The Bertz CT molecular complexity index is 510. The fourth-order valence-electron chi connectivity index (χ4n) is 1.15. The quantitative estimate of drug-likeness (QED) is 0.696. The molecule has 0 spiro atoms. The highest BCUT2D eigenvalue weighted by Crippen LogP contribution is 2.31. The van der Waals surface area contributed by atoms with Gasteiger partial charge in [-0.2, -0.15) is 13.2 Å². The van der Waals surface area contributed by atoms with E-state index in [0.717, 1.165) is 12.3 Å². The van der Waals surface area contributed by atoms with Gasteiger partial charge in [0, 0.05) is 17.8 Å². The van der Waals surface area contributed by atoms with Gasteiger partial charge in [-0.15, -0.1) is 0 Å². The average molecular weight is 233 g/mol. The lowest BCUT2D eigenvalue weighted by Crippen LogP contribution is -2.05. The number of alkyl halides is 3. The third-order valence-corrected chi connectivity index (χ3v) is 2.20. The van der Waals surface area contributed by atoms with Crippen molar-refractivity contribution in [1.82, 2.24) is 9.97 Å². The van der Waals surface area contributed by atoms with Crippen LogP contribution in [-0.2, 0) is 6.18 Å². The Hall–Kier alpha value is -1.36. The van der Waals surface area contributed by atoms with Gasteiger partial charge in [0.1, 0.15) is 0 Å². The number of fused-ring (bicyclic) bond motifs is 1. The molecule has 0 unspecified atom stereocenters. The van der Waals surface area contributed by atoms with Crippen molar-refractivity contribution in [2.24, 2.45) is 0 Å². The van der Waals surface area contributed by atoms with Crippen molar-refractivity contribution in [3.63, 3.8) is 0 Å². The first-order valence-electron chi connectivity index (χ1n) is 3.96. The molecule has 0 saturated carbocycles. The van der Waals surface area contributed by atoms with E-state index in [0.29, 0.717) is 0 Å². The number of rotatable bonds is 0. The Balaban J connectivity index is 2.70. The van der Waals surface area contributed by atoms with Crippen molar-refractivity contribution in [1.29, 1.82) is 0 Å². The van der Waals surface area contributed by atoms with E-state index >= 15 is 0 Å². The van der Waals surface area contributed by atoms with Crippen LogP contribution in [-0.4, -0.2) is 9.97 Å². The summed E-state index contributed by atoms with van der Waals surface area (Å²) in [5.74, 6) is 0. The number of halogens is 4. The lowest BCUT2D eigenvalue weighted by molar-refractivity contribution is -0.137. The largest absolute Gasteiger partial charge is 0.417 e. The van der Waals surface area contributed by atoms with Gasteiger partial charge in [0.2, 0.25) is 0 Å². The highest BCUT2D eigenvalue weighted by Gasteiger charge is 2.31. The van der Waals surface area contributed by atoms with Gasteiger partial charge in [-0.1, -0.05) is 11.6 Å². The maximum Gasteiger partial charge on any atom is 0.417 e. The molecule has 15 heavy (non-hydrogen) atoms. The van der Waals surface area contributed by atoms with Crippen LogP contribution in [0, 0.1) is 0 Å². The maximum absolute atomic E-state index is 12.3. The van der Waals surface area contributed by atoms with Crippen LogP contribution in [0.2, 0.25) is 5.02 Å². The molecule has 2 aromatic heterocycles. The molecule has 0 saturated heterocycles. The van der Waals surface area contributed by atoms with Crippen LogP contribution in [0.3, 0.4) is 0 Å². The van der Waals surface area contributed by atoms with Crippen molar-refractivity contribution in [3.8, 4) is 0 Å². The van der Waals surface area contributed by atoms with Gasteiger partial charge >= 0.3 is 6.18 Å². The van der Waals surface area contributed by atoms with E-state index in [-0.39, 0.29) is 16.1 Å². The van der Waals surface area contributed by atoms with E-state index in [2.05, 4.69) is 9.97 Å². The summed E-state index contributed by atoms with van der Waals surface area (Å²) in [5.41, 5.74) is -0.625. The van der Waals surface area contributed by atoms with Crippen LogP contribution in [0.15, 0.2) is 24.5 Å². The second-order valence-electron chi connectivity index (χ2n) is 2.89. The minimum Gasteiger partial charge on any atom is -0.237 e. The molecule has 0 N–H and O–H groups in total. The first-order chi connectivity index (χ1) is 6.98. The van der Waals surface area contributed by atoms with Gasteiger partial charge in [0.25, 0.3) is 0 Å². The maximum atomic E-state index is 12.3. The van der Waals surface area contributed by atoms with E-state index in [1.165, 1.54) is 12.3 Å². The Morgan fingerprint density at radius 3 is 2.60 bits per heavy atom. The van der Waals surface area contributed by atoms with Gasteiger partial charge in [-0.25, -0.2) is 9.97 Å². The average Bonchev–Trinajstić information content (AvgIpc) is 2.16. The minimum absolute atomic E-state index is 0.203. The van der Waals surface area contributed by atoms with Gasteiger partial charge in [0.05, 0.1) is 10.6 Å². The molecule has 0 atom stereocenters. The number of hydrogen-bond acceptors (Lipinski definition) is 2. The number of nitrogens with zero attached hydrogens (tertiary/aromatic N) is 2. The zero-order valence-electron chi connectivity index (χ0n) is 7.22. The lowest BCUT2D eigenvalue weighted by Gasteiger charge is -2.06. The third-order valence-electron chi connectivity index (χ3n) is 1.87. The van der Waals surface area contributed by atoms with Crippen molar-refractivity contribution in [2.45, 2.75) is 6.18 Å². The molecule has 0 radical (unpaired) electrons. The Kier molecular flexibility index (Phi) is 2.26. The standard InChI is InChI=1S/C9H4ClF3N2/c10-7-1-2-14-8-6(7)3-5(4-15-8)9(11,12)13/h1-4H. The van der Waals surface area contributed by atoms with Gasteiger partial charge in [0.15, 0.2) is 5.65 Å². The highest BCUT2D eigenvalue weighted by molar-refractivity contribution is 6.35. The molecule has 2 aromatic rings. The highest BCUT2D eigenvalue weighted by atomic mass is 35.5. The van der Waals surface area contributed by atoms with E-state index in [9.17, 15) is 13.2 Å². The summed E-state index contributed by atoms with van der Waals surface area (Å²) in [7, 11) is 0. The van der Waals surface area contributed by atoms with E-state index in [4.69, 9.17) is 11.6 Å². The molecule has 0 aliphatic heterocycles. The minimum atomic E-state index is -4.42. The lowest BCUT2D eigenvalue weighted by atomic mass is 10.2. The molecule has 0 aromatic carbocycles. The number of aromatic nitrogens is 2. The molecule has 0 aliphatic rings. The van der Waals surface area contributed by atoms with Crippen molar-refractivity contribution < 1.29 is 13.2 Å². The summed E-state index contributed by atoms with van der Waals surface area (Å²) in [4.78, 5) is 7.40. The smallest absolute Gasteiger partial charge is 0.237 e. The zero-order valence-corrected chi connectivity index (χ0v) is 7.97. The van der Waals surface area contributed by atoms with Gasteiger partial charge < -0.3 is 0 Å².